The molecule has 0 atom stereocenters. The van der Waals surface area contributed by atoms with Crippen LogP contribution >= 0.6 is 0 Å². The average molecular weight is 244 g/mol. The van der Waals surface area contributed by atoms with Crippen LogP contribution in [0.5, 0.6) is 11.6 Å². The molecule has 2 rings (SSSR count). The number of nitrogens with zero attached hydrogens (tertiary/aromatic N) is 1. The molecule has 4 heteroatoms. The molecule has 0 bridgehead atoms. The molecular formula is C14H16N2O2. The first kappa shape index (κ1) is 12.4. The molecule has 18 heavy (non-hydrogen) atoms. The Balaban J connectivity index is 2.25. The predicted molar refractivity (Wildman–Crippen MR) is 70.2 cm³/mol. The van der Waals surface area contributed by atoms with Gasteiger partial charge in [0.1, 0.15) is 5.75 Å². The quantitative estimate of drug-likeness (QED) is 0.903. The van der Waals surface area contributed by atoms with Crippen LogP contribution < -0.4 is 10.3 Å². The molecule has 0 fully saturated rings. The number of hydrogen-bond donors (Lipinski definition) is 1. The highest BCUT2D eigenvalue weighted by Crippen LogP contribution is 2.25. The smallest absolute Gasteiger partial charge is 0.254 e. The van der Waals surface area contributed by atoms with Crippen LogP contribution in [0.4, 0.5) is 0 Å². The summed E-state index contributed by atoms with van der Waals surface area (Å²) < 4.78 is 5.54. The van der Waals surface area contributed by atoms with E-state index < -0.39 is 0 Å². The van der Waals surface area contributed by atoms with Crippen LogP contribution in [0.1, 0.15) is 30.9 Å². The fraction of sp³-hybridized carbons (Fsp3) is 0.286. The van der Waals surface area contributed by atoms with Gasteiger partial charge in [0, 0.05) is 0 Å². The fourth-order valence-electron chi connectivity index (χ4n) is 1.89. The van der Waals surface area contributed by atoms with E-state index in [4.69, 9.17) is 4.74 Å². The highest BCUT2D eigenvalue weighted by Gasteiger charge is 2.06. The molecule has 0 radical (unpaired) electrons. The van der Waals surface area contributed by atoms with Gasteiger partial charge in [0.2, 0.25) is 5.88 Å². The third-order valence-corrected chi connectivity index (χ3v) is 2.74. The zero-order valence-corrected chi connectivity index (χ0v) is 10.7. The van der Waals surface area contributed by atoms with Crippen LogP contribution in [0.2, 0.25) is 0 Å². The number of aromatic nitrogens is 2. The number of H-pyrrole nitrogens is 1. The average Bonchev–Trinajstić information content (AvgIpc) is 2.28. The summed E-state index contributed by atoms with van der Waals surface area (Å²) in [5.41, 5.74) is 2.24. The molecule has 0 amide bonds. The molecule has 0 aliphatic heterocycles. The van der Waals surface area contributed by atoms with E-state index in [1.165, 1.54) is 23.5 Å². The topological polar surface area (TPSA) is 55.0 Å². The molecule has 1 N–H and O–H groups in total. The molecule has 1 aromatic carbocycles. The molecular weight excluding hydrogens is 228 g/mol. The number of aryl methyl sites for hydroxylation is 1. The van der Waals surface area contributed by atoms with Crippen molar-refractivity contribution in [3.63, 3.8) is 0 Å². The van der Waals surface area contributed by atoms with Crippen LogP contribution in [0.3, 0.4) is 0 Å². The van der Waals surface area contributed by atoms with Crippen molar-refractivity contribution in [1.82, 2.24) is 9.97 Å². The molecule has 4 nitrogen and oxygen atoms in total. The standard InChI is InChI=1S/C14H16N2O2/c1-9(2)12-5-4-11(6-10(12)3)18-14-7-13(17)15-8-16-14/h4-9H,1-3H3,(H,15,16,17). The van der Waals surface area contributed by atoms with E-state index in [0.717, 1.165) is 0 Å². The van der Waals surface area contributed by atoms with Gasteiger partial charge in [0.15, 0.2) is 0 Å². The van der Waals surface area contributed by atoms with Crippen molar-refractivity contribution >= 4 is 0 Å². The van der Waals surface area contributed by atoms with Crippen molar-refractivity contribution in [3.8, 4) is 11.6 Å². The van der Waals surface area contributed by atoms with Gasteiger partial charge in [0.05, 0.1) is 12.4 Å². The van der Waals surface area contributed by atoms with Crippen LogP contribution in [0, 0.1) is 6.92 Å². The van der Waals surface area contributed by atoms with Crippen molar-refractivity contribution in [2.75, 3.05) is 0 Å². The minimum absolute atomic E-state index is 0.226. The Hall–Kier alpha value is -2.10. The third kappa shape index (κ3) is 2.77. The first-order valence-corrected chi connectivity index (χ1v) is 5.89. The lowest BCUT2D eigenvalue weighted by Gasteiger charge is -2.11. The lowest BCUT2D eigenvalue weighted by atomic mass is 9.98. The Morgan fingerprint density at radius 3 is 2.67 bits per heavy atom. The van der Waals surface area contributed by atoms with Crippen molar-refractivity contribution in [3.05, 3.63) is 52.1 Å². The van der Waals surface area contributed by atoms with Crippen LogP contribution in [-0.4, -0.2) is 9.97 Å². The minimum Gasteiger partial charge on any atom is -0.439 e. The lowest BCUT2D eigenvalue weighted by molar-refractivity contribution is 0.460. The zero-order chi connectivity index (χ0) is 13.1. The largest absolute Gasteiger partial charge is 0.439 e. The summed E-state index contributed by atoms with van der Waals surface area (Å²) in [6.45, 7) is 6.36. The molecule has 0 saturated heterocycles. The maximum absolute atomic E-state index is 11.1. The maximum Gasteiger partial charge on any atom is 0.254 e. The van der Waals surface area contributed by atoms with E-state index in [0.29, 0.717) is 17.5 Å². The van der Waals surface area contributed by atoms with E-state index in [9.17, 15) is 4.79 Å². The molecule has 1 heterocycles. The van der Waals surface area contributed by atoms with Crippen molar-refractivity contribution < 1.29 is 4.74 Å². The second-order valence-electron chi connectivity index (χ2n) is 4.52. The molecule has 0 saturated carbocycles. The summed E-state index contributed by atoms with van der Waals surface area (Å²) in [5, 5.41) is 0. The number of aromatic amines is 1. The number of ether oxygens (including phenoxy) is 1. The summed E-state index contributed by atoms with van der Waals surface area (Å²) in [7, 11) is 0. The second-order valence-corrected chi connectivity index (χ2v) is 4.52. The number of benzene rings is 1. The molecule has 0 unspecified atom stereocenters. The first-order valence-electron chi connectivity index (χ1n) is 5.89. The van der Waals surface area contributed by atoms with E-state index in [1.54, 1.807) is 0 Å². The van der Waals surface area contributed by atoms with Gasteiger partial charge < -0.3 is 9.72 Å². The maximum atomic E-state index is 11.1. The number of hydrogen-bond acceptors (Lipinski definition) is 3. The van der Waals surface area contributed by atoms with E-state index in [1.807, 2.05) is 25.1 Å². The van der Waals surface area contributed by atoms with Crippen LogP contribution in [0.15, 0.2) is 35.4 Å². The van der Waals surface area contributed by atoms with Gasteiger partial charge in [-0.2, -0.15) is 0 Å². The Morgan fingerprint density at radius 2 is 2.06 bits per heavy atom. The third-order valence-electron chi connectivity index (χ3n) is 2.74. The van der Waals surface area contributed by atoms with Gasteiger partial charge in [-0.25, -0.2) is 4.98 Å². The lowest BCUT2D eigenvalue weighted by Crippen LogP contribution is -2.04. The summed E-state index contributed by atoms with van der Waals surface area (Å²) >= 11 is 0. The Kier molecular flexibility index (Phi) is 3.46. The Labute approximate surface area is 106 Å². The molecule has 1 aromatic heterocycles. The first-order chi connectivity index (χ1) is 8.56. The highest BCUT2D eigenvalue weighted by atomic mass is 16.5. The Bertz CT molecular complexity index is 603. The number of rotatable bonds is 3. The summed E-state index contributed by atoms with van der Waals surface area (Å²) in [6, 6.07) is 7.22. The second kappa shape index (κ2) is 5.04. The zero-order valence-electron chi connectivity index (χ0n) is 10.7. The molecule has 94 valence electrons. The van der Waals surface area contributed by atoms with E-state index >= 15 is 0 Å². The van der Waals surface area contributed by atoms with Gasteiger partial charge >= 0.3 is 0 Å². The fourth-order valence-corrected chi connectivity index (χ4v) is 1.89. The molecule has 0 spiro atoms. The number of nitrogens with one attached hydrogen (secondary N) is 1. The monoisotopic (exact) mass is 244 g/mol. The van der Waals surface area contributed by atoms with Gasteiger partial charge in [0.25, 0.3) is 5.56 Å². The summed E-state index contributed by atoms with van der Waals surface area (Å²) in [6.07, 6.45) is 1.33. The van der Waals surface area contributed by atoms with Crippen molar-refractivity contribution in [1.29, 1.82) is 0 Å². The normalized spacial score (nSPS) is 10.7. The van der Waals surface area contributed by atoms with Crippen molar-refractivity contribution in [2.24, 2.45) is 0 Å². The van der Waals surface area contributed by atoms with Crippen LogP contribution in [-0.2, 0) is 0 Å². The Morgan fingerprint density at radius 1 is 1.28 bits per heavy atom. The summed E-state index contributed by atoms with van der Waals surface area (Å²) in [5.74, 6) is 1.47. The SMILES string of the molecule is Cc1cc(Oc2cc(=O)[nH]cn2)ccc1C(C)C. The molecule has 0 aliphatic carbocycles. The van der Waals surface area contributed by atoms with E-state index in [2.05, 4.69) is 23.8 Å². The van der Waals surface area contributed by atoms with Crippen molar-refractivity contribution in [2.45, 2.75) is 26.7 Å². The minimum atomic E-state index is -0.226. The van der Waals surface area contributed by atoms with Gasteiger partial charge in [-0.3, -0.25) is 4.79 Å². The molecule has 0 aliphatic rings. The highest BCUT2D eigenvalue weighted by molar-refractivity contribution is 5.37. The van der Waals surface area contributed by atoms with Gasteiger partial charge in [-0.15, -0.1) is 0 Å². The van der Waals surface area contributed by atoms with E-state index in [-0.39, 0.29) is 5.56 Å². The molecule has 2 aromatic rings. The van der Waals surface area contributed by atoms with Gasteiger partial charge in [-0.05, 0) is 36.1 Å². The van der Waals surface area contributed by atoms with Gasteiger partial charge in [-0.1, -0.05) is 19.9 Å². The predicted octanol–water partition coefficient (Wildman–Crippen LogP) is 2.99. The summed E-state index contributed by atoms with van der Waals surface area (Å²) in [4.78, 5) is 17.5. The van der Waals surface area contributed by atoms with Crippen LogP contribution in [0.25, 0.3) is 0 Å².